The molecule has 0 spiro atoms. The second-order valence-electron chi connectivity index (χ2n) is 6.16. The largest absolute Gasteiger partial charge is 0.326 e. The molecule has 110 valence electrons. The molecule has 1 saturated heterocycles. The molecule has 3 N–H and O–H groups in total. The average Bonchev–Trinajstić information content (AvgIpc) is 2.68. The number of anilines is 1. The normalized spacial score (nSPS) is 23.2. The van der Waals surface area contributed by atoms with Gasteiger partial charge in [0.15, 0.2) is 0 Å². The molecule has 1 aliphatic rings. The lowest BCUT2D eigenvalue weighted by Crippen LogP contribution is -2.33. The summed E-state index contributed by atoms with van der Waals surface area (Å²) in [5, 5.41) is 2.97. The topological polar surface area (TPSA) is 58.4 Å². The van der Waals surface area contributed by atoms with Crippen LogP contribution in [0.25, 0.3) is 0 Å². The zero-order valence-corrected chi connectivity index (χ0v) is 12.6. The second kappa shape index (κ2) is 6.37. The van der Waals surface area contributed by atoms with Crippen LogP contribution in [0.2, 0.25) is 0 Å². The fourth-order valence-corrected chi connectivity index (χ4v) is 2.60. The van der Waals surface area contributed by atoms with E-state index in [2.05, 4.69) is 37.1 Å². The van der Waals surface area contributed by atoms with Gasteiger partial charge >= 0.3 is 0 Å². The van der Waals surface area contributed by atoms with Crippen LogP contribution < -0.4 is 11.1 Å². The Labute approximate surface area is 121 Å². The molecule has 1 amide bonds. The first-order chi connectivity index (χ1) is 9.45. The van der Waals surface area contributed by atoms with E-state index in [1.807, 2.05) is 18.2 Å². The Hall–Kier alpha value is -1.39. The van der Waals surface area contributed by atoms with E-state index in [0.717, 1.165) is 18.8 Å². The van der Waals surface area contributed by atoms with Crippen molar-refractivity contribution < 1.29 is 4.79 Å². The van der Waals surface area contributed by atoms with Crippen molar-refractivity contribution in [3.63, 3.8) is 0 Å². The van der Waals surface area contributed by atoms with E-state index < -0.39 is 0 Å². The van der Waals surface area contributed by atoms with E-state index in [-0.39, 0.29) is 11.9 Å². The predicted molar refractivity (Wildman–Crippen MR) is 82.7 cm³/mol. The van der Waals surface area contributed by atoms with Crippen LogP contribution in [-0.2, 0) is 4.79 Å². The van der Waals surface area contributed by atoms with E-state index in [1.54, 1.807) is 0 Å². The van der Waals surface area contributed by atoms with Gasteiger partial charge in [-0.25, -0.2) is 0 Å². The maximum absolute atomic E-state index is 12.1. The highest BCUT2D eigenvalue weighted by atomic mass is 16.2. The Morgan fingerprint density at radius 2 is 2.20 bits per heavy atom. The summed E-state index contributed by atoms with van der Waals surface area (Å²) in [6.45, 7) is 8.56. The van der Waals surface area contributed by atoms with Crippen molar-refractivity contribution >= 4 is 11.6 Å². The van der Waals surface area contributed by atoms with Crippen LogP contribution in [0.4, 0.5) is 5.69 Å². The highest BCUT2D eigenvalue weighted by molar-refractivity contribution is 5.92. The standard InChI is InChI=1S/C16H25N3O/c1-11(2)13-5-4-6-14(7-13)18-16(20)10-19-8-12(3)15(17)9-19/h4-7,11-12,15H,8-10,17H2,1-3H3,(H,18,20). The minimum atomic E-state index is 0.0345. The smallest absolute Gasteiger partial charge is 0.238 e. The molecule has 0 aliphatic carbocycles. The first-order valence-corrected chi connectivity index (χ1v) is 7.33. The SMILES string of the molecule is CC(C)c1cccc(NC(=O)CN2CC(C)C(N)C2)c1. The fourth-order valence-electron chi connectivity index (χ4n) is 2.60. The summed E-state index contributed by atoms with van der Waals surface area (Å²) < 4.78 is 0. The van der Waals surface area contributed by atoms with Gasteiger partial charge in [-0.1, -0.05) is 32.9 Å². The molecule has 2 atom stereocenters. The summed E-state index contributed by atoms with van der Waals surface area (Å²) in [5.41, 5.74) is 8.09. The third-order valence-corrected chi connectivity index (χ3v) is 3.95. The summed E-state index contributed by atoms with van der Waals surface area (Å²) in [5.74, 6) is 0.962. The summed E-state index contributed by atoms with van der Waals surface area (Å²) in [6, 6.07) is 8.23. The van der Waals surface area contributed by atoms with Gasteiger partial charge in [-0.3, -0.25) is 9.69 Å². The van der Waals surface area contributed by atoms with Crippen LogP contribution >= 0.6 is 0 Å². The van der Waals surface area contributed by atoms with Gasteiger partial charge in [-0.15, -0.1) is 0 Å². The van der Waals surface area contributed by atoms with E-state index in [0.29, 0.717) is 18.4 Å². The van der Waals surface area contributed by atoms with Crippen molar-refractivity contribution in [2.45, 2.75) is 32.7 Å². The Morgan fingerprint density at radius 3 is 2.80 bits per heavy atom. The van der Waals surface area contributed by atoms with Crippen LogP contribution in [0.15, 0.2) is 24.3 Å². The highest BCUT2D eigenvalue weighted by Gasteiger charge is 2.27. The molecule has 4 nitrogen and oxygen atoms in total. The summed E-state index contributed by atoms with van der Waals surface area (Å²) in [4.78, 5) is 14.2. The molecule has 20 heavy (non-hydrogen) atoms. The predicted octanol–water partition coefficient (Wildman–Crippen LogP) is 2.03. The van der Waals surface area contributed by atoms with Gasteiger partial charge in [0, 0.05) is 24.8 Å². The Bertz CT molecular complexity index is 463. The Morgan fingerprint density at radius 1 is 1.45 bits per heavy atom. The third kappa shape index (κ3) is 3.81. The number of hydrogen-bond acceptors (Lipinski definition) is 3. The molecule has 0 bridgehead atoms. The van der Waals surface area contributed by atoms with Crippen molar-refractivity contribution in [3.8, 4) is 0 Å². The van der Waals surface area contributed by atoms with Gasteiger partial charge in [0.25, 0.3) is 0 Å². The second-order valence-corrected chi connectivity index (χ2v) is 6.16. The summed E-state index contributed by atoms with van der Waals surface area (Å²) >= 11 is 0. The first-order valence-electron chi connectivity index (χ1n) is 7.33. The molecular weight excluding hydrogens is 250 g/mol. The molecule has 0 saturated carbocycles. The lowest BCUT2D eigenvalue weighted by molar-refractivity contribution is -0.117. The van der Waals surface area contributed by atoms with Gasteiger partial charge in [-0.05, 0) is 29.5 Å². The number of nitrogens with two attached hydrogens (primary N) is 1. The van der Waals surface area contributed by atoms with E-state index in [1.165, 1.54) is 5.56 Å². The third-order valence-electron chi connectivity index (χ3n) is 3.95. The molecule has 2 unspecified atom stereocenters. The van der Waals surface area contributed by atoms with Gasteiger partial charge in [0.2, 0.25) is 5.91 Å². The number of likely N-dealkylation sites (tertiary alicyclic amines) is 1. The molecule has 1 aromatic rings. The summed E-state index contributed by atoms with van der Waals surface area (Å²) in [7, 11) is 0. The van der Waals surface area contributed by atoms with Crippen LogP contribution in [-0.4, -0.2) is 36.5 Å². The van der Waals surface area contributed by atoms with E-state index in [9.17, 15) is 4.79 Å². The monoisotopic (exact) mass is 275 g/mol. The Kier molecular flexibility index (Phi) is 4.78. The van der Waals surface area contributed by atoms with Crippen molar-refractivity contribution in [3.05, 3.63) is 29.8 Å². The van der Waals surface area contributed by atoms with Crippen molar-refractivity contribution in [2.75, 3.05) is 25.0 Å². The Balaban J connectivity index is 1.90. The van der Waals surface area contributed by atoms with Crippen LogP contribution in [0.3, 0.4) is 0 Å². The number of carbonyl (C=O) groups is 1. The van der Waals surface area contributed by atoms with Crippen molar-refractivity contribution in [1.29, 1.82) is 0 Å². The van der Waals surface area contributed by atoms with Crippen molar-refractivity contribution in [2.24, 2.45) is 11.7 Å². The minimum absolute atomic E-state index is 0.0345. The lowest BCUT2D eigenvalue weighted by atomic mass is 10.0. The highest BCUT2D eigenvalue weighted by Crippen LogP contribution is 2.19. The molecule has 1 fully saturated rings. The number of nitrogens with one attached hydrogen (secondary N) is 1. The number of rotatable bonds is 4. The number of hydrogen-bond donors (Lipinski definition) is 2. The molecule has 1 aromatic carbocycles. The molecule has 0 radical (unpaired) electrons. The van der Waals surface area contributed by atoms with Crippen molar-refractivity contribution in [1.82, 2.24) is 4.90 Å². The van der Waals surface area contributed by atoms with Crippen LogP contribution in [0.5, 0.6) is 0 Å². The number of nitrogens with zero attached hydrogens (tertiary/aromatic N) is 1. The average molecular weight is 275 g/mol. The minimum Gasteiger partial charge on any atom is -0.326 e. The van der Waals surface area contributed by atoms with Gasteiger partial charge in [0.1, 0.15) is 0 Å². The molecule has 1 heterocycles. The van der Waals surface area contributed by atoms with Gasteiger partial charge in [-0.2, -0.15) is 0 Å². The van der Waals surface area contributed by atoms with Gasteiger partial charge in [0.05, 0.1) is 6.54 Å². The zero-order valence-electron chi connectivity index (χ0n) is 12.6. The molecular formula is C16H25N3O. The zero-order chi connectivity index (χ0) is 14.7. The molecule has 1 aliphatic heterocycles. The number of carbonyl (C=O) groups excluding carboxylic acids is 1. The van der Waals surface area contributed by atoms with E-state index >= 15 is 0 Å². The molecule has 0 aromatic heterocycles. The fraction of sp³-hybridized carbons (Fsp3) is 0.562. The number of amides is 1. The lowest BCUT2D eigenvalue weighted by Gasteiger charge is -2.15. The number of benzene rings is 1. The quantitative estimate of drug-likeness (QED) is 0.884. The van der Waals surface area contributed by atoms with E-state index in [4.69, 9.17) is 5.73 Å². The van der Waals surface area contributed by atoms with Crippen LogP contribution in [0.1, 0.15) is 32.3 Å². The van der Waals surface area contributed by atoms with Gasteiger partial charge < -0.3 is 11.1 Å². The molecule has 4 heteroatoms. The maximum atomic E-state index is 12.1. The first kappa shape index (κ1) is 15.0. The van der Waals surface area contributed by atoms with Crippen LogP contribution in [0, 0.1) is 5.92 Å². The molecule has 2 rings (SSSR count). The summed E-state index contributed by atoms with van der Waals surface area (Å²) in [6.07, 6.45) is 0. The maximum Gasteiger partial charge on any atom is 0.238 e.